The zero-order valence-electron chi connectivity index (χ0n) is 16.8. The van der Waals surface area contributed by atoms with Crippen molar-refractivity contribution in [1.82, 2.24) is 4.98 Å². The Hall–Kier alpha value is -3.91. The summed E-state index contributed by atoms with van der Waals surface area (Å²) in [5, 5.41) is 6.32. The van der Waals surface area contributed by atoms with Crippen LogP contribution in [-0.2, 0) is 4.79 Å². The first-order chi connectivity index (χ1) is 15.4. The Balaban J connectivity index is 1.43. The van der Waals surface area contributed by atoms with Gasteiger partial charge in [0.15, 0.2) is 6.61 Å². The van der Waals surface area contributed by atoms with Gasteiger partial charge in [-0.1, -0.05) is 11.6 Å². The first-order valence-corrected chi connectivity index (χ1v) is 9.91. The van der Waals surface area contributed by atoms with Crippen LogP contribution >= 0.6 is 11.6 Å². The molecule has 0 saturated carbocycles. The Kier molecular flexibility index (Phi) is 6.04. The predicted octanol–water partition coefficient (Wildman–Crippen LogP) is 5.20. The molecule has 0 bridgehead atoms. The van der Waals surface area contributed by atoms with Crippen LogP contribution in [0.1, 0.15) is 16.1 Å². The quantitative estimate of drug-likeness (QED) is 0.418. The number of fused-ring (bicyclic) bond motifs is 1. The number of aromatic nitrogens is 1. The summed E-state index contributed by atoms with van der Waals surface area (Å²) in [6, 6.07) is 12.2. The Labute approximate surface area is 187 Å². The van der Waals surface area contributed by atoms with Gasteiger partial charge in [-0.2, -0.15) is 0 Å². The summed E-state index contributed by atoms with van der Waals surface area (Å²) in [5.41, 5.74) is 1.03. The van der Waals surface area contributed by atoms with Crippen LogP contribution in [0.3, 0.4) is 0 Å². The highest BCUT2D eigenvalue weighted by Gasteiger charge is 2.15. The van der Waals surface area contributed by atoms with Crippen LogP contribution in [0.25, 0.3) is 10.9 Å². The standard InChI is InChI=1S/C23H17ClFN3O4/c1-13-15(8-10-31-13)23(30)28-19-11-14(4-6-18(19)25)27-21(29)12-32-20-7-5-17(24)16-3-2-9-26-22(16)20/h2-11H,12H2,1H3,(H,27,29)(H,28,30). The van der Waals surface area contributed by atoms with E-state index in [4.69, 9.17) is 20.8 Å². The average molecular weight is 454 g/mol. The molecule has 0 aliphatic heterocycles. The smallest absolute Gasteiger partial charge is 0.262 e. The van der Waals surface area contributed by atoms with Crippen molar-refractivity contribution < 1.29 is 23.1 Å². The van der Waals surface area contributed by atoms with E-state index in [-0.39, 0.29) is 17.9 Å². The van der Waals surface area contributed by atoms with E-state index < -0.39 is 17.6 Å². The number of hydrogen-bond donors (Lipinski definition) is 2. The molecule has 2 amide bonds. The van der Waals surface area contributed by atoms with E-state index in [2.05, 4.69) is 15.6 Å². The van der Waals surface area contributed by atoms with Crippen LogP contribution in [0.4, 0.5) is 15.8 Å². The Bertz CT molecular complexity index is 1320. The molecule has 0 atom stereocenters. The summed E-state index contributed by atoms with van der Waals surface area (Å²) in [6.45, 7) is 1.32. The van der Waals surface area contributed by atoms with Gasteiger partial charge in [0, 0.05) is 17.3 Å². The second-order valence-corrected chi connectivity index (χ2v) is 7.23. The van der Waals surface area contributed by atoms with Crippen molar-refractivity contribution in [3.8, 4) is 5.75 Å². The van der Waals surface area contributed by atoms with Crippen molar-refractivity contribution in [3.05, 3.63) is 83.2 Å². The number of furan rings is 1. The fraction of sp³-hybridized carbons (Fsp3) is 0.0870. The van der Waals surface area contributed by atoms with Gasteiger partial charge in [-0.25, -0.2) is 4.39 Å². The molecule has 9 heteroatoms. The van der Waals surface area contributed by atoms with Gasteiger partial charge in [-0.05, 0) is 55.5 Å². The lowest BCUT2D eigenvalue weighted by Gasteiger charge is -2.11. The molecule has 32 heavy (non-hydrogen) atoms. The molecule has 4 aromatic rings. The third-order valence-corrected chi connectivity index (χ3v) is 4.97. The largest absolute Gasteiger partial charge is 0.481 e. The summed E-state index contributed by atoms with van der Waals surface area (Å²) in [7, 11) is 0. The van der Waals surface area contributed by atoms with Crippen LogP contribution < -0.4 is 15.4 Å². The van der Waals surface area contributed by atoms with E-state index in [1.165, 1.54) is 24.5 Å². The molecule has 0 fully saturated rings. The van der Waals surface area contributed by atoms with E-state index in [0.717, 1.165) is 6.07 Å². The molecule has 0 unspecified atom stereocenters. The molecule has 0 spiro atoms. The monoisotopic (exact) mass is 453 g/mol. The van der Waals surface area contributed by atoms with E-state index in [1.807, 2.05) is 0 Å². The summed E-state index contributed by atoms with van der Waals surface area (Å²) in [4.78, 5) is 28.9. The van der Waals surface area contributed by atoms with E-state index >= 15 is 0 Å². The molecule has 2 N–H and O–H groups in total. The van der Waals surface area contributed by atoms with Gasteiger partial charge >= 0.3 is 0 Å². The molecular weight excluding hydrogens is 437 g/mol. The van der Waals surface area contributed by atoms with Crippen molar-refractivity contribution >= 4 is 45.7 Å². The number of aryl methyl sites for hydroxylation is 1. The summed E-state index contributed by atoms with van der Waals surface area (Å²) in [6.07, 6.45) is 2.97. The maximum absolute atomic E-state index is 14.2. The van der Waals surface area contributed by atoms with Gasteiger partial charge in [0.1, 0.15) is 22.8 Å². The molecule has 0 radical (unpaired) electrons. The number of pyridine rings is 1. The highest BCUT2D eigenvalue weighted by atomic mass is 35.5. The first-order valence-electron chi connectivity index (χ1n) is 9.53. The van der Waals surface area contributed by atoms with Gasteiger partial charge < -0.3 is 19.8 Å². The topological polar surface area (TPSA) is 93.5 Å². The number of carbonyl (C=O) groups excluding carboxylic acids is 2. The maximum atomic E-state index is 14.2. The van der Waals surface area contributed by atoms with Crippen LogP contribution in [-0.4, -0.2) is 23.4 Å². The maximum Gasteiger partial charge on any atom is 0.262 e. The molecule has 162 valence electrons. The lowest BCUT2D eigenvalue weighted by Crippen LogP contribution is -2.20. The lowest BCUT2D eigenvalue weighted by molar-refractivity contribution is -0.118. The number of nitrogens with zero attached hydrogens (tertiary/aromatic N) is 1. The van der Waals surface area contributed by atoms with E-state index in [1.54, 1.807) is 37.4 Å². The third-order valence-electron chi connectivity index (χ3n) is 4.64. The number of carbonyl (C=O) groups is 2. The van der Waals surface area contributed by atoms with Gasteiger partial charge in [0.2, 0.25) is 0 Å². The van der Waals surface area contributed by atoms with E-state index in [9.17, 15) is 14.0 Å². The zero-order valence-corrected chi connectivity index (χ0v) is 17.6. The van der Waals surface area contributed by atoms with Gasteiger partial charge in [0.25, 0.3) is 11.8 Å². The van der Waals surface area contributed by atoms with Crippen LogP contribution in [0.5, 0.6) is 5.75 Å². The highest BCUT2D eigenvalue weighted by molar-refractivity contribution is 6.35. The zero-order chi connectivity index (χ0) is 22.7. The molecule has 7 nitrogen and oxygen atoms in total. The SMILES string of the molecule is Cc1occc1C(=O)Nc1cc(NC(=O)COc2ccc(Cl)c3cccnc23)ccc1F. The first kappa shape index (κ1) is 21.3. The summed E-state index contributed by atoms with van der Waals surface area (Å²) < 4.78 is 24.9. The fourth-order valence-corrected chi connectivity index (χ4v) is 3.29. The Morgan fingerprint density at radius 1 is 1.16 bits per heavy atom. The normalized spacial score (nSPS) is 10.7. The van der Waals surface area contributed by atoms with Crippen molar-refractivity contribution in [2.75, 3.05) is 17.2 Å². The molecular formula is C23H17ClFN3O4. The van der Waals surface area contributed by atoms with E-state index in [0.29, 0.717) is 33.1 Å². The second kappa shape index (κ2) is 9.07. The molecule has 4 rings (SSSR count). The van der Waals surface area contributed by atoms with Crippen molar-refractivity contribution in [1.29, 1.82) is 0 Å². The molecule has 0 saturated heterocycles. The predicted molar refractivity (Wildman–Crippen MR) is 119 cm³/mol. The van der Waals surface area contributed by atoms with Crippen molar-refractivity contribution in [2.24, 2.45) is 0 Å². The third kappa shape index (κ3) is 4.55. The number of benzene rings is 2. The number of anilines is 2. The number of hydrogen-bond acceptors (Lipinski definition) is 5. The van der Waals surface area contributed by atoms with Crippen LogP contribution in [0, 0.1) is 12.7 Å². The van der Waals surface area contributed by atoms with Crippen molar-refractivity contribution in [3.63, 3.8) is 0 Å². The summed E-state index contributed by atoms with van der Waals surface area (Å²) >= 11 is 6.16. The minimum atomic E-state index is -0.646. The Morgan fingerprint density at radius 3 is 2.78 bits per heavy atom. The molecule has 2 aromatic heterocycles. The molecule has 0 aliphatic carbocycles. The second-order valence-electron chi connectivity index (χ2n) is 6.82. The van der Waals surface area contributed by atoms with Gasteiger partial charge in [-0.15, -0.1) is 0 Å². The fourth-order valence-electron chi connectivity index (χ4n) is 3.08. The van der Waals surface area contributed by atoms with Crippen molar-refractivity contribution in [2.45, 2.75) is 6.92 Å². The minimum Gasteiger partial charge on any atom is -0.481 e. The summed E-state index contributed by atoms with van der Waals surface area (Å²) in [5.74, 6) is -0.827. The molecule has 2 aromatic carbocycles. The molecule has 0 aliphatic rings. The lowest BCUT2D eigenvalue weighted by atomic mass is 10.2. The minimum absolute atomic E-state index is 0.0813. The molecule has 2 heterocycles. The number of halogens is 2. The number of amides is 2. The Morgan fingerprint density at radius 2 is 2.00 bits per heavy atom. The number of nitrogens with one attached hydrogen (secondary N) is 2. The van der Waals surface area contributed by atoms with Crippen LogP contribution in [0.2, 0.25) is 5.02 Å². The van der Waals surface area contributed by atoms with Gasteiger partial charge in [-0.3, -0.25) is 14.6 Å². The van der Waals surface area contributed by atoms with Crippen LogP contribution in [0.15, 0.2) is 65.4 Å². The number of rotatable bonds is 6. The highest BCUT2D eigenvalue weighted by Crippen LogP contribution is 2.29. The average Bonchev–Trinajstić information content (AvgIpc) is 3.22. The van der Waals surface area contributed by atoms with Gasteiger partial charge in [0.05, 0.1) is 22.5 Å². The number of ether oxygens (including phenoxy) is 1.